The third-order valence-electron chi connectivity index (χ3n) is 4.98. The van der Waals surface area contributed by atoms with Crippen LogP contribution in [0.15, 0.2) is 71.7 Å². The number of para-hydroxylation sites is 1. The lowest BCUT2D eigenvalue weighted by atomic mass is 10.00. The Bertz CT molecular complexity index is 1270. The van der Waals surface area contributed by atoms with Gasteiger partial charge in [-0.3, -0.25) is 15.6 Å². The average Bonchev–Trinajstić information content (AvgIpc) is 2.89. The van der Waals surface area contributed by atoms with Crippen molar-refractivity contribution in [2.24, 2.45) is 4.99 Å². The molecular formula is C23H18Cl3N5OS. The maximum Gasteiger partial charge on any atom is 0.272 e. The largest absolute Gasteiger partial charge is 0.332 e. The molecule has 4 rings (SSSR count). The normalized spacial score (nSPS) is 15.3. The van der Waals surface area contributed by atoms with Crippen molar-refractivity contribution in [3.63, 3.8) is 0 Å². The number of aliphatic imine (C=N–C) groups is 1. The molecule has 0 radical (unpaired) electrons. The highest BCUT2D eigenvalue weighted by atomic mass is 35.5. The van der Waals surface area contributed by atoms with Gasteiger partial charge < -0.3 is 10.2 Å². The molecule has 0 saturated carbocycles. The Labute approximate surface area is 211 Å². The number of nitrogens with one attached hydrogen (secondary N) is 3. The number of benzodiazepines with no additional fused rings is 1. The van der Waals surface area contributed by atoms with Crippen molar-refractivity contribution >= 4 is 75.1 Å². The lowest BCUT2D eigenvalue weighted by Gasteiger charge is -2.22. The topological polar surface area (TPSA) is 68.8 Å². The quantitative estimate of drug-likeness (QED) is 0.324. The first kappa shape index (κ1) is 23.3. The summed E-state index contributed by atoms with van der Waals surface area (Å²) in [6.07, 6.45) is -1.01. The van der Waals surface area contributed by atoms with Gasteiger partial charge in [0, 0.05) is 28.2 Å². The second-order valence-corrected chi connectivity index (χ2v) is 8.78. The summed E-state index contributed by atoms with van der Waals surface area (Å²) in [5.41, 5.74) is 8.93. The summed E-state index contributed by atoms with van der Waals surface area (Å²) in [6, 6.07) is 19.7. The van der Waals surface area contributed by atoms with Crippen molar-refractivity contribution in [1.29, 1.82) is 0 Å². The predicted octanol–water partition coefficient (Wildman–Crippen LogP) is 5.28. The monoisotopic (exact) mass is 517 g/mol. The molecule has 3 aromatic rings. The summed E-state index contributed by atoms with van der Waals surface area (Å²) >= 11 is 24.3. The minimum absolute atomic E-state index is 0.160. The molecule has 6 nitrogen and oxygen atoms in total. The molecule has 0 fully saturated rings. The average molecular weight is 519 g/mol. The minimum Gasteiger partial charge on any atom is -0.332 e. The Morgan fingerprint density at radius 3 is 2.39 bits per heavy atom. The first-order valence-electron chi connectivity index (χ1n) is 9.82. The summed E-state index contributed by atoms with van der Waals surface area (Å²) in [6.45, 7) is 0. The van der Waals surface area contributed by atoms with Crippen molar-refractivity contribution in [3.8, 4) is 0 Å². The van der Waals surface area contributed by atoms with E-state index in [1.807, 2.05) is 30.3 Å². The number of benzene rings is 3. The van der Waals surface area contributed by atoms with Gasteiger partial charge in [0.05, 0.1) is 22.1 Å². The molecule has 3 aromatic carbocycles. The van der Waals surface area contributed by atoms with Gasteiger partial charge in [-0.15, -0.1) is 0 Å². The number of nitrogens with zero attached hydrogens (tertiary/aromatic N) is 2. The fourth-order valence-electron chi connectivity index (χ4n) is 3.36. The highest BCUT2D eigenvalue weighted by Crippen LogP contribution is 2.31. The molecular weight excluding hydrogens is 501 g/mol. The van der Waals surface area contributed by atoms with Crippen LogP contribution in [0.5, 0.6) is 0 Å². The van der Waals surface area contributed by atoms with Crippen molar-refractivity contribution in [3.05, 3.63) is 92.9 Å². The van der Waals surface area contributed by atoms with Gasteiger partial charge in [-0.1, -0.05) is 65.1 Å². The van der Waals surface area contributed by atoms with E-state index < -0.39 is 6.17 Å². The summed E-state index contributed by atoms with van der Waals surface area (Å²) in [5, 5.41) is 4.65. The standard InChI is InChI=1S/C23H18Cl3N5OS/c1-31-19-11-10-13(24)12-15(19)20(14-6-2-3-7-16(14)25)27-21(22(31)32)28-23(33)30-29-18-9-5-4-8-17(18)26/h2-12,21,29H,1H3,(H2,28,30,33). The van der Waals surface area contributed by atoms with Gasteiger partial charge in [-0.25, -0.2) is 4.99 Å². The number of hydrazine groups is 1. The fourth-order valence-corrected chi connectivity index (χ4v) is 4.10. The number of amides is 1. The first-order chi connectivity index (χ1) is 15.8. The van der Waals surface area contributed by atoms with Crippen LogP contribution in [0.1, 0.15) is 11.1 Å². The molecule has 0 aliphatic carbocycles. The van der Waals surface area contributed by atoms with Crippen LogP contribution in [0, 0.1) is 0 Å². The second-order valence-electron chi connectivity index (χ2n) is 7.12. The Kier molecular flexibility index (Phi) is 7.05. The molecule has 0 aromatic heterocycles. The molecule has 1 amide bonds. The Hall–Kier alpha value is -2.84. The number of carbonyl (C=O) groups is 1. The highest BCUT2D eigenvalue weighted by Gasteiger charge is 2.31. The number of carbonyl (C=O) groups excluding carboxylic acids is 1. The summed E-state index contributed by atoms with van der Waals surface area (Å²) in [7, 11) is 1.67. The van der Waals surface area contributed by atoms with Crippen molar-refractivity contribution in [2.45, 2.75) is 6.17 Å². The summed E-state index contributed by atoms with van der Waals surface area (Å²) in [4.78, 5) is 19.5. The molecule has 1 unspecified atom stereocenters. The molecule has 3 N–H and O–H groups in total. The smallest absolute Gasteiger partial charge is 0.272 e. The number of fused-ring (bicyclic) bond motifs is 1. The summed E-state index contributed by atoms with van der Waals surface area (Å²) < 4.78 is 0. The number of thiocarbonyl (C=S) groups is 1. The molecule has 10 heteroatoms. The van der Waals surface area contributed by atoms with E-state index in [1.165, 1.54) is 4.90 Å². The zero-order valence-electron chi connectivity index (χ0n) is 17.3. The van der Waals surface area contributed by atoms with E-state index in [0.29, 0.717) is 43.3 Å². The van der Waals surface area contributed by atoms with E-state index in [2.05, 4.69) is 16.2 Å². The Balaban J connectivity index is 1.68. The van der Waals surface area contributed by atoms with Crippen LogP contribution in [0.25, 0.3) is 0 Å². The number of rotatable bonds is 4. The zero-order valence-corrected chi connectivity index (χ0v) is 20.4. The van der Waals surface area contributed by atoms with Crippen LogP contribution < -0.4 is 21.1 Å². The van der Waals surface area contributed by atoms with Crippen LogP contribution >= 0.6 is 47.0 Å². The first-order valence-corrected chi connectivity index (χ1v) is 11.4. The van der Waals surface area contributed by atoms with Gasteiger partial charge in [-0.05, 0) is 48.6 Å². The van der Waals surface area contributed by atoms with Crippen LogP contribution in [0.4, 0.5) is 11.4 Å². The molecule has 1 heterocycles. The SMILES string of the molecule is CN1C(=O)C(NC(=S)NNc2ccccc2Cl)N=C(c2ccccc2Cl)c2cc(Cl)ccc21. The lowest BCUT2D eigenvalue weighted by molar-refractivity contribution is -0.119. The fraction of sp³-hybridized carbons (Fsp3) is 0.0870. The van der Waals surface area contributed by atoms with E-state index in [0.717, 1.165) is 0 Å². The number of likely N-dealkylation sites (N-methyl/N-ethyl adjacent to an activating group) is 1. The van der Waals surface area contributed by atoms with Gasteiger partial charge in [0.1, 0.15) is 0 Å². The molecule has 33 heavy (non-hydrogen) atoms. The Morgan fingerprint density at radius 1 is 0.970 bits per heavy atom. The van der Waals surface area contributed by atoms with Gasteiger partial charge in [-0.2, -0.15) is 0 Å². The van der Waals surface area contributed by atoms with E-state index >= 15 is 0 Å². The van der Waals surface area contributed by atoms with Gasteiger partial charge in [0.2, 0.25) is 6.17 Å². The van der Waals surface area contributed by atoms with Crippen LogP contribution in [-0.2, 0) is 4.79 Å². The number of hydrogen-bond acceptors (Lipinski definition) is 4. The van der Waals surface area contributed by atoms with E-state index in [-0.39, 0.29) is 11.0 Å². The molecule has 0 bridgehead atoms. The third-order valence-corrected chi connectivity index (χ3v) is 6.09. The predicted molar refractivity (Wildman–Crippen MR) is 140 cm³/mol. The lowest BCUT2D eigenvalue weighted by Crippen LogP contribution is -2.50. The van der Waals surface area contributed by atoms with E-state index in [9.17, 15) is 4.79 Å². The molecule has 1 aliphatic heterocycles. The van der Waals surface area contributed by atoms with E-state index in [4.69, 9.17) is 52.0 Å². The number of halogens is 3. The van der Waals surface area contributed by atoms with Crippen molar-refractivity contribution < 1.29 is 4.79 Å². The molecule has 1 atom stereocenters. The Morgan fingerprint density at radius 2 is 1.67 bits per heavy atom. The maximum atomic E-state index is 13.3. The number of anilines is 2. The molecule has 0 saturated heterocycles. The van der Waals surface area contributed by atoms with E-state index in [1.54, 1.807) is 43.4 Å². The van der Waals surface area contributed by atoms with Crippen LogP contribution in [0.3, 0.4) is 0 Å². The molecule has 1 aliphatic rings. The maximum absolute atomic E-state index is 13.3. The van der Waals surface area contributed by atoms with Gasteiger partial charge in [0.25, 0.3) is 5.91 Å². The van der Waals surface area contributed by atoms with Gasteiger partial charge >= 0.3 is 0 Å². The van der Waals surface area contributed by atoms with Gasteiger partial charge in [0.15, 0.2) is 5.11 Å². The summed E-state index contributed by atoms with van der Waals surface area (Å²) in [5.74, 6) is -0.303. The second kappa shape index (κ2) is 9.97. The zero-order chi connectivity index (χ0) is 23.5. The molecule has 0 spiro atoms. The van der Waals surface area contributed by atoms with Crippen LogP contribution in [-0.4, -0.2) is 29.9 Å². The minimum atomic E-state index is -1.01. The van der Waals surface area contributed by atoms with Crippen molar-refractivity contribution in [1.82, 2.24) is 10.7 Å². The number of hydrogen-bond donors (Lipinski definition) is 3. The molecule has 168 valence electrons. The van der Waals surface area contributed by atoms with Crippen LogP contribution in [0.2, 0.25) is 15.1 Å². The highest BCUT2D eigenvalue weighted by molar-refractivity contribution is 7.80. The third kappa shape index (κ3) is 5.07. The van der Waals surface area contributed by atoms with Crippen molar-refractivity contribution in [2.75, 3.05) is 17.4 Å².